The van der Waals surface area contributed by atoms with Gasteiger partial charge in [-0.05, 0) is 37.3 Å². The van der Waals surface area contributed by atoms with Crippen molar-refractivity contribution in [3.05, 3.63) is 64.5 Å². The van der Waals surface area contributed by atoms with Gasteiger partial charge in [-0.2, -0.15) is 0 Å². The fourth-order valence-corrected chi connectivity index (χ4v) is 4.21. The number of thioether (sulfide) groups is 1. The van der Waals surface area contributed by atoms with Gasteiger partial charge in [-0.3, -0.25) is 0 Å². The highest BCUT2D eigenvalue weighted by atomic mass is 35.5. The molecule has 0 aliphatic carbocycles. The third-order valence-corrected chi connectivity index (χ3v) is 6.44. The highest BCUT2D eigenvalue weighted by Gasteiger charge is 2.28. The lowest BCUT2D eigenvalue weighted by atomic mass is 10.2. The zero-order chi connectivity index (χ0) is 23.3. The molecule has 0 aliphatic heterocycles. The highest BCUT2D eigenvalue weighted by molar-refractivity contribution is 7.99. The van der Waals surface area contributed by atoms with Gasteiger partial charge in [0, 0.05) is 10.5 Å². The van der Waals surface area contributed by atoms with Gasteiger partial charge in [0.15, 0.2) is 0 Å². The molecule has 0 fully saturated rings. The van der Waals surface area contributed by atoms with Crippen LogP contribution in [0.25, 0.3) is 11.3 Å². The van der Waals surface area contributed by atoms with Crippen LogP contribution in [-0.4, -0.2) is 60.7 Å². The third-order valence-electron chi connectivity index (χ3n) is 4.52. The maximum atomic E-state index is 13.5. The summed E-state index contributed by atoms with van der Waals surface area (Å²) in [7, 11) is 0. The molecule has 2 aromatic carbocycles. The summed E-state index contributed by atoms with van der Waals surface area (Å²) < 4.78 is 20.7. The molecule has 0 spiro atoms. The summed E-state index contributed by atoms with van der Waals surface area (Å²) in [6.07, 6.45) is -1.40. The molecule has 7 nitrogen and oxygen atoms in total. The standard InChI is InChI=1S/C21H22Cl2FN3O4S/c1-12(29)20(11-28)31-21(32-15-5-6-16(22)17(23)8-15)19(30)10-27-9-18(25-26-27)13-3-2-4-14(24)7-13/h2-9,12,19-21,28-30H,10-11H2,1H3/t12-,19+,20?,21?/m1/s1. The molecule has 3 aromatic rings. The Hall–Kier alpha value is -1.72. The summed E-state index contributed by atoms with van der Waals surface area (Å²) in [5.74, 6) is -0.392. The fourth-order valence-electron chi connectivity index (χ4n) is 2.81. The van der Waals surface area contributed by atoms with E-state index in [-0.39, 0.29) is 6.54 Å². The Morgan fingerprint density at radius 2 is 1.94 bits per heavy atom. The summed E-state index contributed by atoms with van der Waals surface area (Å²) in [6.45, 7) is 1.05. The van der Waals surface area contributed by atoms with E-state index in [1.807, 2.05) is 0 Å². The van der Waals surface area contributed by atoms with Crippen LogP contribution in [0.5, 0.6) is 0 Å². The first-order chi connectivity index (χ1) is 15.3. The minimum absolute atomic E-state index is 0.000732. The maximum Gasteiger partial charge on any atom is 0.135 e. The average molecular weight is 502 g/mol. The molecule has 1 heterocycles. The lowest BCUT2D eigenvalue weighted by Crippen LogP contribution is -2.39. The van der Waals surface area contributed by atoms with Crippen molar-refractivity contribution in [2.24, 2.45) is 0 Å². The minimum Gasteiger partial charge on any atom is -0.394 e. The van der Waals surface area contributed by atoms with E-state index in [1.54, 1.807) is 36.5 Å². The quantitative estimate of drug-likeness (QED) is 0.288. The number of hydrogen-bond donors (Lipinski definition) is 3. The molecule has 0 saturated carbocycles. The number of benzene rings is 2. The van der Waals surface area contributed by atoms with E-state index in [9.17, 15) is 19.7 Å². The van der Waals surface area contributed by atoms with E-state index in [0.717, 1.165) is 11.8 Å². The molecule has 11 heteroatoms. The lowest BCUT2D eigenvalue weighted by Gasteiger charge is -2.28. The first kappa shape index (κ1) is 24.9. The number of ether oxygens (including phenoxy) is 1. The number of aliphatic hydroxyl groups excluding tert-OH is 3. The number of nitrogens with zero attached hydrogens (tertiary/aromatic N) is 3. The van der Waals surface area contributed by atoms with Gasteiger partial charge >= 0.3 is 0 Å². The molecule has 0 aliphatic rings. The van der Waals surface area contributed by atoms with Gasteiger partial charge in [-0.15, -0.1) is 5.10 Å². The zero-order valence-electron chi connectivity index (χ0n) is 17.0. The smallest absolute Gasteiger partial charge is 0.135 e. The largest absolute Gasteiger partial charge is 0.394 e. The second-order valence-corrected chi connectivity index (χ2v) is 9.05. The monoisotopic (exact) mass is 501 g/mol. The normalized spacial score (nSPS) is 15.3. The summed E-state index contributed by atoms with van der Waals surface area (Å²) in [6, 6.07) is 10.9. The predicted octanol–water partition coefficient (Wildman–Crippen LogP) is 3.63. The molecular weight excluding hydrogens is 480 g/mol. The molecule has 32 heavy (non-hydrogen) atoms. The van der Waals surface area contributed by atoms with E-state index < -0.39 is 36.2 Å². The Morgan fingerprint density at radius 3 is 2.59 bits per heavy atom. The van der Waals surface area contributed by atoms with Crippen molar-refractivity contribution >= 4 is 35.0 Å². The Balaban J connectivity index is 1.78. The molecule has 1 aromatic heterocycles. The molecule has 0 radical (unpaired) electrons. The first-order valence-electron chi connectivity index (χ1n) is 9.67. The van der Waals surface area contributed by atoms with Crippen LogP contribution >= 0.6 is 35.0 Å². The number of halogens is 3. The second-order valence-electron chi connectivity index (χ2n) is 7.06. The van der Waals surface area contributed by atoms with E-state index in [0.29, 0.717) is 26.2 Å². The molecule has 0 amide bonds. The van der Waals surface area contributed by atoms with E-state index in [4.69, 9.17) is 27.9 Å². The fraction of sp³-hybridized carbons (Fsp3) is 0.333. The van der Waals surface area contributed by atoms with Crippen molar-refractivity contribution in [1.29, 1.82) is 0 Å². The van der Waals surface area contributed by atoms with Crippen molar-refractivity contribution in [1.82, 2.24) is 15.0 Å². The molecule has 3 rings (SSSR count). The predicted molar refractivity (Wildman–Crippen MR) is 121 cm³/mol. The van der Waals surface area contributed by atoms with Crippen LogP contribution in [0.4, 0.5) is 4.39 Å². The Bertz CT molecular complexity index is 1040. The maximum absolute atomic E-state index is 13.5. The van der Waals surface area contributed by atoms with E-state index >= 15 is 0 Å². The van der Waals surface area contributed by atoms with Gasteiger partial charge in [-0.25, -0.2) is 9.07 Å². The molecule has 0 saturated heterocycles. The van der Waals surface area contributed by atoms with Crippen molar-refractivity contribution in [3.63, 3.8) is 0 Å². The van der Waals surface area contributed by atoms with Crippen LogP contribution in [0.1, 0.15) is 6.92 Å². The highest BCUT2D eigenvalue weighted by Crippen LogP contribution is 2.33. The molecular formula is C21H22Cl2FN3O4S. The first-order valence-corrected chi connectivity index (χ1v) is 11.3. The zero-order valence-corrected chi connectivity index (χ0v) is 19.3. The third kappa shape index (κ3) is 6.64. The summed E-state index contributed by atoms with van der Waals surface area (Å²) in [5, 5.41) is 39.0. The van der Waals surface area contributed by atoms with Crippen LogP contribution < -0.4 is 0 Å². The van der Waals surface area contributed by atoms with Crippen LogP contribution in [0.2, 0.25) is 10.0 Å². The van der Waals surface area contributed by atoms with Gasteiger partial charge in [0.1, 0.15) is 29.2 Å². The number of aliphatic hydroxyl groups is 3. The van der Waals surface area contributed by atoms with Crippen molar-refractivity contribution in [2.75, 3.05) is 6.61 Å². The van der Waals surface area contributed by atoms with Gasteiger partial charge < -0.3 is 20.1 Å². The van der Waals surface area contributed by atoms with E-state index in [1.165, 1.54) is 23.7 Å². The van der Waals surface area contributed by atoms with Crippen molar-refractivity contribution in [2.45, 2.75) is 42.1 Å². The SMILES string of the molecule is C[C@@H](O)C(CO)OC(Sc1ccc(Cl)c(Cl)c1)[C@@H](O)Cn1cc(-c2cccc(F)c2)nn1. The van der Waals surface area contributed by atoms with Gasteiger partial charge in [0.2, 0.25) is 0 Å². The summed E-state index contributed by atoms with van der Waals surface area (Å²) in [5.41, 5.74) is 0.113. The Kier molecular flexibility index (Phi) is 8.89. The summed E-state index contributed by atoms with van der Waals surface area (Å²) >= 11 is 13.2. The van der Waals surface area contributed by atoms with Crippen LogP contribution in [-0.2, 0) is 11.3 Å². The van der Waals surface area contributed by atoms with Gasteiger partial charge in [-0.1, -0.05) is 52.3 Å². The molecule has 0 bridgehead atoms. The van der Waals surface area contributed by atoms with E-state index in [2.05, 4.69) is 10.3 Å². The number of aromatic nitrogens is 3. The number of rotatable bonds is 10. The van der Waals surface area contributed by atoms with Crippen LogP contribution in [0.15, 0.2) is 53.6 Å². The average Bonchev–Trinajstić information content (AvgIpc) is 3.21. The van der Waals surface area contributed by atoms with Crippen molar-refractivity contribution in [3.8, 4) is 11.3 Å². The number of hydrogen-bond acceptors (Lipinski definition) is 7. The van der Waals surface area contributed by atoms with Crippen molar-refractivity contribution < 1.29 is 24.4 Å². The minimum atomic E-state index is -1.11. The van der Waals surface area contributed by atoms with Gasteiger partial charge in [0.05, 0.1) is 35.5 Å². The lowest BCUT2D eigenvalue weighted by molar-refractivity contribution is -0.0972. The Labute approximate surface area is 198 Å². The summed E-state index contributed by atoms with van der Waals surface area (Å²) in [4.78, 5) is 0.671. The topological polar surface area (TPSA) is 101 Å². The van der Waals surface area contributed by atoms with Crippen LogP contribution in [0, 0.1) is 5.82 Å². The van der Waals surface area contributed by atoms with Gasteiger partial charge in [0.25, 0.3) is 0 Å². The molecule has 2 unspecified atom stereocenters. The second kappa shape index (κ2) is 11.4. The Morgan fingerprint density at radius 1 is 1.16 bits per heavy atom. The molecule has 4 atom stereocenters. The molecule has 3 N–H and O–H groups in total. The van der Waals surface area contributed by atoms with Crippen LogP contribution in [0.3, 0.4) is 0 Å². The molecule has 172 valence electrons.